The molecule has 1 aromatic carbocycles. The van der Waals surface area contributed by atoms with Crippen molar-refractivity contribution >= 4 is 35.1 Å². The van der Waals surface area contributed by atoms with Gasteiger partial charge >= 0.3 is 5.97 Å². The molecule has 9 heteroatoms. The van der Waals surface area contributed by atoms with Gasteiger partial charge in [-0.3, -0.25) is 4.79 Å². The maximum Gasteiger partial charge on any atom is 0.329 e. The van der Waals surface area contributed by atoms with Crippen LogP contribution in [0.2, 0.25) is 10.0 Å². The number of H-pyrrole nitrogens is 1. The largest absolute Gasteiger partial charge is 0.494 e. The zero-order valence-corrected chi connectivity index (χ0v) is 15.0. The number of rotatable bonds is 3. The molecule has 0 bridgehead atoms. The Kier molecular flexibility index (Phi) is 4.87. The van der Waals surface area contributed by atoms with Crippen LogP contribution in [0.25, 0.3) is 0 Å². The predicted octanol–water partition coefficient (Wildman–Crippen LogP) is 2.47. The third kappa shape index (κ3) is 3.05. The van der Waals surface area contributed by atoms with Gasteiger partial charge in [0, 0.05) is 6.42 Å². The molecular weight excluding hydrogens is 369 g/mol. The van der Waals surface area contributed by atoms with Crippen LogP contribution in [0.4, 0.5) is 0 Å². The molecular formula is C16H15Cl2N3O4. The van der Waals surface area contributed by atoms with E-state index in [1.54, 1.807) is 6.07 Å². The second kappa shape index (κ2) is 6.93. The predicted molar refractivity (Wildman–Crippen MR) is 91.0 cm³/mol. The molecule has 1 atom stereocenters. The summed E-state index contributed by atoms with van der Waals surface area (Å²) in [6.07, 6.45) is 1.78. The number of nitrogens with zero attached hydrogens (tertiary/aromatic N) is 2. The Labute approximate surface area is 153 Å². The number of ether oxygens (including phenoxy) is 2. The van der Waals surface area contributed by atoms with Crippen LogP contribution in [0.3, 0.4) is 0 Å². The topological polar surface area (TPSA) is 84.5 Å². The Morgan fingerprint density at radius 3 is 2.68 bits per heavy atom. The molecule has 0 saturated heterocycles. The van der Waals surface area contributed by atoms with Gasteiger partial charge in [-0.15, -0.1) is 0 Å². The van der Waals surface area contributed by atoms with Crippen molar-refractivity contribution < 1.29 is 19.1 Å². The fraction of sp³-hybridized carbons (Fsp3) is 0.312. The van der Waals surface area contributed by atoms with Crippen molar-refractivity contribution in [3.8, 4) is 5.75 Å². The molecule has 2 aromatic rings. The quantitative estimate of drug-likeness (QED) is 0.822. The Bertz CT molecular complexity index is 837. The summed E-state index contributed by atoms with van der Waals surface area (Å²) in [7, 11) is 2.67. The van der Waals surface area contributed by atoms with E-state index in [9.17, 15) is 9.59 Å². The Balaban J connectivity index is 2.06. The number of halogens is 2. The van der Waals surface area contributed by atoms with Gasteiger partial charge in [0.1, 0.15) is 11.6 Å². The molecule has 25 heavy (non-hydrogen) atoms. The van der Waals surface area contributed by atoms with E-state index in [0.717, 1.165) is 11.4 Å². The number of amides is 1. The third-order valence-electron chi connectivity index (χ3n) is 4.11. The summed E-state index contributed by atoms with van der Waals surface area (Å²) in [5.74, 6) is -0.836. The van der Waals surface area contributed by atoms with Gasteiger partial charge in [-0.05, 0) is 12.1 Å². The van der Waals surface area contributed by atoms with E-state index < -0.39 is 17.9 Å². The molecule has 1 aliphatic rings. The molecule has 0 fully saturated rings. The van der Waals surface area contributed by atoms with Gasteiger partial charge in [-0.2, -0.15) is 0 Å². The highest BCUT2D eigenvalue weighted by Crippen LogP contribution is 2.36. The van der Waals surface area contributed by atoms with E-state index in [1.807, 2.05) is 0 Å². The highest BCUT2D eigenvalue weighted by molar-refractivity contribution is 6.37. The van der Waals surface area contributed by atoms with Crippen molar-refractivity contribution in [2.75, 3.05) is 14.2 Å². The zero-order chi connectivity index (χ0) is 18.1. The number of methoxy groups -OCH3 is 2. The number of nitrogens with one attached hydrogen (secondary N) is 1. The minimum atomic E-state index is -0.812. The molecule has 1 unspecified atom stereocenters. The van der Waals surface area contributed by atoms with Crippen LogP contribution in [0.5, 0.6) is 5.75 Å². The maximum atomic E-state index is 13.2. The van der Waals surface area contributed by atoms with Gasteiger partial charge in [0.25, 0.3) is 5.91 Å². The summed E-state index contributed by atoms with van der Waals surface area (Å²) in [6, 6.07) is 2.24. The van der Waals surface area contributed by atoms with Crippen molar-refractivity contribution in [3.63, 3.8) is 0 Å². The number of aromatic amines is 1. The molecule has 1 amide bonds. The first-order valence-electron chi connectivity index (χ1n) is 7.39. The van der Waals surface area contributed by atoms with Gasteiger partial charge in [0.05, 0.1) is 48.5 Å². The maximum absolute atomic E-state index is 13.2. The molecule has 2 heterocycles. The van der Waals surface area contributed by atoms with Crippen LogP contribution < -0.4 is 4.74 Å². The first kappa shape index (κ1) is 17.6. The summed E-state index contributed by atoms with van der Waals surface area (Å²) >= 11 is 12.3. The summed E-state index contributed by atoms with van der Waals surface area (Å²) < 4.78 is 10.1. The van der Waals surface area contributed by atoms with E-state index >= 15 is 0 Å². The summed E-state index contributed by atoms with van der Waals surface area (Å²) in [4.78, 5) is 33.9. The van der Waals surface area contributed by atoms with Crippen LogP contribution in [0.15, 0.2) is 18.5 Å². The number of carbonyl (C=O) groups is 2. The van der Waals surface area contributed by atoms with Crippen molar-refractivity contribution in [1.82, 2.24) is 14.9 Å². The number of aromatic nitrogens is 2. The van der Waals surface area contributed by atoms with E-state index in [0.29, 0.717) is 0 Å². The van der Waals surface area contributed by atoms with E-state index in [1.165, 1.54) is 31.5 Å². The van der Waals surface area contributed by atoms with Crippen molar-refractivity contribution in [2.24, 2.45) is 0 Å². The van der Waals surface area contributed by atoms with E-state index in [4.69, 9.17) is 32.7 Å². The van der Waals surface area contributed by atoms with Crippen LogP contribution in [-0.2, 0) is 22.5 Å². The third-order valence-corrected chi connectivity index (χ3v) is 4.72. The number of benzene rings is 1. The van der Waals surface area contributed by atoms with Gasteiger partial charge < -0.3 is 19.4 Å². The van der Waals surface area contributed by atoms with E-state index in [-0.39, 0.29) is 34.3 Å². The minimum absolute atomic E-state index is 0.105. The summed E-state index contributed by atoms with van der Waals surface area (Å²) in [5, 5.41) is 0.439. The number of hydrogen-bond acceptors (Lipinski definition) is 5. The molecule has 1 aromatic heterocycles. The lowest BCUT2D eigenvalue weighted by Gasteiger charge is -2.33. The molecule has 3 rings (SSSR count). The lowest BCUT2D eigenvalue weighted by molar-refractivity contribution is -0.146. The number of esters is 1. The highest BCUT2D eigenvalue weighted by Gasteiger charge is 2.38. The number of carbonyl (C=O) groups excluding carboxylic acids is 2. The van der Waals surface area contributed by atoms with Crippen molar-refractivity contribution in [1.29, 1.82) is 0 Å². The number of imidazole rings is 1. The SMILES string of the molecule is COC(=O)C1Cc2nc[nH]c2CN1C(=O)c1c(Cl)ccc(Cl)c1OC. The van der Waals surface area contributed by atoms with Gasteiger partial charge in [0.2, 0.25) is 0 Å². The second-order valence-corrected chi connectivity index (χ2v) is 6.26. The first-order valence-corrected chi connectivity index (χ1v) is 8.15. The standard InChI is InChI=1S/C16H15Cl2N3O4/c1-24-14-9(18)4-3-8(17)13(14)15(22)21-6-11-10(19-7-20-11)5-12(21)16(23)25-2/h3-4,7,12H,5-6H2,1-2H3,(H,19,20). The molecule has 0 saturated carbocycles. The molecule has 7 nitrogen and oxygen atoms in total. The van der Waals surface area contributed by atoms with Crippen molar-refractivity contribution in [2.45, 2.75) is 19.0 Å². The fourth-order valence-corrected chi connectivity index (χ4v) is 3.34. The van der Waals surface area contributed by atoms with Gasteiger partial charge in [-0.1, -0.05) is 23.2 Å². The Morgan fingerprint density at radius 2 is 2.00 bits per heavy atom. The monoisotopic (exact) mass is 383 g/mol. The van der Waals surface area contributed by atoms with Crippen LogP contribution in [0.1, 0.15) is 21.7 Å². The first-order chi connectivity index (χ1) is 12.0. The average molecular weight is 384 g/mol. The lowest BCUT2D eigenvalue weighted by atomic mass is 10.0. The summed E-state index contributed by atoms with van der Waals surface area (Å²) in [5.41, 5.74) is 1.59. The number of fused-ring (bicyclic) bond motifs is 1. The normalized spacial score (nSPS) is 16.3. The molecule has 0 radical (unpaired) electrons. The Morgan fingerprint density at radius 1 is 1.28 bits per heavy atom. The zero-order valence-electron chi connectivity index (χ0n) is 13.5. The molecule has 1 aliphatic heterocycles. The molecule has 0 aliphatic carbocycles. The second-order valence-electron chi connectivity index (χ2n) is 5.44. The van der Waals surface area contributed by atoms with Crippen molar-refractivity contribution in [3.05, 3.63) is 45.5 Å². The smallest absolute Gasteiger partial charge is 0.329 e. The molecule has 1 N–H and O–H groups in total. The van der Waals surface area contributed by atoms with E-state index in [2.05, 4.69) is 9.97 Å². The minimum Gasteiger partial charge on any atom is -0.494 e. The lowest BCUT2D eigenvalue weighted by Crippen LogP contribution is -2.49. The van der Waals surface area contributed by atoms with Crippen LogP contribution in [0, 0.1) is 0 Å². The van der Waals surface area contributed by atoms with Crippen LogP contribution >= 0.6 is 23.2 Å². The highest BCUT2D eigenvalue weighted by atomic mass is 35.5. The molecule has 132 valence electrons. The van der Waals surface area contributed by atoms with Gasteiger partial charge in [-0.25, -0.2) is 9.78 Å². The Hall–Kier alpha value is -2.25. The van der Waals surface area contributed by atoms with Crippen LogP contribution in [-0.4, -0.2) is 47.0 Å². The van der Waals surface area contributed by atoms with Gasteiger partial charge in [0.15, 0.2) is 5.75 Å². The average Bonchev–Trinajstić information content (AvgIpc) is 3.08. The fourth-order valence-electron chi connectivity index (χ4n) is 2.87. The molecule has 0 spiro atoms. The summed E-state index contributed by atoms with van der Waals surface area (Å²) in [6.45, 7) is 0.167. The number of hydrogen-bond donors (Lipinski definition) is 1.